The predicted molar refractivity (Wildman–Crippen MR) is 101 cm³/mol. The first-order valence-corrected chi connectivity index (χ1v) is 8.80. The molecule has 0 fully saturated rings. The van der Waals surface area contributed by atoms with Gasteiger partial charge in [0.1, 0.15) is 0 Å². The number of nitrogens with zero attached hydrogens (tertiary/aromatic N) is 2. The average Bonchev–Trinajstić information content (AvgIpc) is 3.03. The van der Waals surface area contributed by atoms with Crippen molar-refractivity contribution >= 4 is 39.1 Å². The third-order valence-electron chi connectivity index (χ3n) is 3.73. The standard InChI is InChI=1S/C19H19N3O2S/c1-22(2)19(24)13-7-9-14(10-8-13)20-17(23)11-12-18-21-15-5-3-4-6-16(15)25-18/h3-10H,11-12H2,1-2H3,(H,20,23). The van der Waals surface area contributed by atoms with Gasteiger partial charge in [0.25, 0.3) is 5.91 Å². The van der Waals surface area contributed by atoms with Crippen molar-refractivity contribution in [1.82, 2.24) is 9.88 Å². The molecule has 1 N–H and O–H groups in total. The number of aromatic nitrogens is 1. The number of benzene rings is 2. The van der Waals surface area contributed by atoms with Crippen LogP contribution in [0.2, 0.25) is 0 Å². The summed E-state index contributed by atoms with van der Waals surface area (Å²) in [5.41, 5.74) is 2.26. The van der Waals surface area contributed by atoms with E-state index >= 15 is 0 Å². The molecule has 0 aliphatic rings. The molecule has 25 heavy (non-hydrogen) atoms. The first-order valence-electron chi connectivity index (χ1n) is 7.99. The Hall–Kier alpha value is -2.73. The lowest BCUT2D eigenvalue weighted by molar-refractivity contribution is -0.116. The summed E-state index contributed by atoms with van der Waals surface area (Å²) in [4.78, 5) is 30.0. The van der Waals surface area contributed by atoms with E-state index in [-0.39, 0.29) is 11.8 Å². The predicted octanol–water partition coefficient (Wildman–Crippen LogP) is 3.57. The smallest absolute Gasteiger partial charge is 0.253 e. The SMILES string of the molecule is CN(C)C(=O)c1ccc(NC(=O)CCc2nc3ccccc3s2)cc1. The molecule has 0 spiro atoms. The van der Waals surface area contributed by atoms with Crippen LogP contribution in [0.4, 0.5) is 5.69 Å². The molecule has 2 aromatic carbocycles. The van der Waals surface area contributed by atoms with E-state index < -0.39 is 0 Å². The van der Waals surface area contributed by atoms with Crippen LogP contribution in [-0.4, -0.2) is 35.8 Å². The van der Waals surface area contributed by atoms with Crippen LogP contribution >= 0.6 is 11.3 Å². The van der Waals surface area contributed by atoms with Crippen molar-refractivity contribution in [3.63, 3.8) is 0 Å². The van der Waals surface area contributed by atoms with Gasteiger partial charge in [-0.15, -0.1) is 11.3 Å². The van der Waals surface area contributed by atoms with Crippen LogP contribution in [0.5, 0.6) is 0 Å². The lowest BCUT2D eigenvalue weighted by atomic mass is 10.2. The number of carbonyl (C=O) groups excluding carboxylic acids is 2. The lowest BCUT2D eigenvalue weighted by Gasteiger charge is -2.10. The summed E-state index contributed by atoms with van der Waals surface area (Å²) in [5, 5.41) is 3.82. The van der Waals surface area contributed by atoms with E-state index in [0.717, 1.165) is 15.2 Å². The van der Waals surface area contributed by atoms with Crippen molar-refractivity contribution in [2.24, 2.45) is 0 Å². The van der Waals surface area contributed by atoms with E-state index in [2.05, 4.69) is 10.3 Å². The number of rotatable bonds is 5. The molecule has 0 unspecified atom stereocenters. The molecular formula is C19H19N3O2S. The topological polar surface area (TPSA) is 62.3 Å². The number of hydrogen-bond donors (Lipinski definition) is 1. The molecule has 0 saturated heterocycles. The Morgan fingerprint density at radius 1 is 1.08 bits per heavy atom. The third-order valence-corrected chi connectivity index (χ3v) is 4.82. The number of anilines is 1. The zero-order valence-electron chi connectivity index (χ0n) is 14.2. The summed E-state index contributed by atoms with van der Waals surface area (Å²) in [6.45, 7) is 0. The van der Waals surface area contributed by atoms with Crippen molar-refractivity contribution in [2.75, 3.05) is 19.4 Å². The van der Waals surface area contributed by atoms with Crippen molar-refractivity contribution in [2.45, 2.75) is 12.8 Å². The molecule has 3 rings (SSSR count). The Balaban J connectivity index is 1.56. The largest absolute Gasteiger partial charge is 0.345 e. The first kappa shape index (κ1) is 17.1. The summed E-state index contributed by atoms with van der Waals surface area (Å²) in [7, 11) is 3.42. The Kier molecular flexibility index (Phi) is 5.09. The minimum Gasteiger partial charge on any atom is -0.345 e. The van der Waals surface area contributed by atoms with Crippen LogP contribution in [0.3, 0.4) is 0 Å². The summed E-state index contributed by atoms with van der Waals surface area (Å²) >= 11 is 1.62. The summed E-state index contributed by atoms with van der Waals surface area (Å²) < 4.78 is 1.14. The van der Waals surface area contributed by atoms with Gasteiger partial charge in [0.15, 0.2) is 0 Å². The number of thiazole rings is 1. The molecule has 2 amide bonds. The van der Waals surface area contributed by atoms with Crippen molar-refractivity contribution in [3.05, 3.63) is 59.1 Å². The number of fused-ring (bicyclic) bond motifs is 1. The minimum atomic E-state index is -0.0639. The molecule has 0 atom stereocenters. The summed E-state index contributed by atoms with van der Waals surface area (Å²) in [6, 6.07) is 14.9. The lowest BCUT2D eigenvalue weighted by Crippen LogP contribution is -2.21. The maximum atomic E-state index is 12.1. The van der Waals surface area contributed by atoms with E-state index in [1.807, 2.05) is 24.3 Å². The van der Waals surface area contributed by atoms with Crippen molar-refractivity contribution in [1.29, 1.82) is 0 Å². The average molecular weight is 353 g/mol. The molecule has 1 aromatic heterocycles. The van der Waals surface area contributed by atoms with Gasteiger partial charge < -0.3 is 10.2 Å². The van der Waals surface area contributed by atoms with Crippen LogP contribution in [0.15, 0.2) is 48.5 Å². The fourth-order valence-electron chi connectivity index (χ4n) is 2.43. The molecule has 0 saturated carbocycles. The third kappa shape index (κ3) is 4.22. The number of hydrogen-bond acceptors (Lipinski definition) is 4. The van der Waals surface area contributed by atoms with Gasteiger partial charge in [-0.2, -0.15) is 0 Å². The first-order chi connectivity index (χ1) is 12.0. The van der Waals surface area contributed by atoms with Gasteiger partial charge in [-0.1, -0.05) is 12.1 Å². The number of amides is 2. The number of aryl methyl sites for hydroxylation is 1. The monoisotopic (exact) mass is 353 g/mol. The highest BCUT2D eigenvalue weighted by molar-refractivity contribution is 7.18. The van der Waals surface area contributed by atoms with E-state index in [1.165, 1.54) is 4.90 Å². The van der Waals surface area contributed by atoms with E-state index in [0.29, 0.717) is 24.1 Å². The van der Waals surface area contributed by atoms with Crippen LogP contribution in [0, 0.1) is 0 Å². The molecule has 0 aliphatic carbocycles. The van der Waals surface area contributed by atoms with Crippen LogP contribution < -0.4 is 5.32 Å². The van der Waals surface area contributed by atoms with Gasteiger partial charge in [0.05, 0.1) is 15.2 Å². The van der Waals surface area contributed by atoms with Gasteiger partial charge >= 0.3 is 0 Å². The maximum Gasteiger partial charge on any atom is 0.253 e. The summed E-state index contributed by atoms with van der Waals surface area (Å²) in [5.74, 6) is -0.125. The molecule has 0 radical (unpaired) electrons. The molecule has 6 heteroatoms. The quantitative estimate of drug-likeness (QED) is 0.763. The van der Waals surface area contributed by atoms with Gasteiger partial charge in [-0.25, -0.2) is 4.98 Å². The van der Waals surface area contributed by atoms with E-state index in [9.17, 15) is 9.59 Å². The van der Waals surface area contributed by atoms with Crippen LogP contribution in [0.25, 0.3) is 10.2 Å². The highest BCUT2D eigenvalue weighted by Gasteiger charge is 2.09. The molecule has 5 nitrogen and oxygen atoms in total. The van der Waals surface area contributed by atoms with Crippen molar-refractivity contribution < 1.29 is 9.59 Å². The molecular weight excluding hydrogens is 334 g/mol. The molecule has 1 heterocycles. The zero-order valence-corrected chi connectivity index (χ0v) is 15.0. The molecule has 128 valence electrons. The van der Waals surface area contributed by atoms with Crippen LogP contribution in [0.1, 0.15) is 21.8 Å². The minimum absolute atomic E-state index is 0.0614. The van der Waals surface area contributed by atoms with Gasteiger partial charge in [0.2, 0.25) is 5.91 Å². The number of nitrogens with one attached hydrogen (secondary N) is 1. The highest BCUT2D eigenvalue weighted by atomic mass is 32.1. The van der Waals surface area contributed by atoms with Crippen LogP contribution in [-0.2, 0) is 11.2 Å². The second-order valence-electron chi connectivity index (χ2n) is 5.90. The number of carbonyl (C=O) groups is 2. The normalized spacial score (nSPS) is 10.6. The maximum absolute atomic E-state index is 12.1. The fourth-order valence-corrected chi connectivity index (χ4v) is 3.39. The molecule has 0 bridgehead atoms. The zero-order chi connectivity index (χ0) is 17.8. The second-order valence-corrected chi connectivity index (χ2v) is 7.02. The second kappa shape index (κ2) is 7.44. The Morgan fingerprint density at radius 2 is 1.80 bits per heavy atom. The fraction of sp³-hybridized carbons (Fsp3) is 0.211. The molecule has 0 aliphatic heterocycles. The van der Waals surface area contributed by atoms with Gasteiger partial charge in [-0.3, -0.25) is 9.59 Å². The van der Waals surface area contributed by atoms with Gasteiger partial charge in [-0.05, 0) is 36.4 Å². The van der Waals surface area contributed by atoms with Crippen molar-refractivity contribution in [3.8, 4) is 0 Å². The summed E-state index contributed by atoms with van der Waals surface area (Å²) in [6.07, 6.45) is 0.987. The highest BCUT2D eigenvalue weighted by Crippen LogP contribution is 2.22. The number of para-hydroxylation sites is 1. The van der Waals surface area contributed by atoms with E-state index in [4.69, 9.17) is 0 Å². The Bertz CT molecular complexity index is 867. The molecule has 3 aromatic rings. The van der Waals surface area contributed by atoms with Gasteiger partial charge in [0, 0.05) is 38.2 Å². The Morgan fingerprint density at radius 3 is 2.48 bits per heavy atom. The van der Waals surface area contributed by atoms with E-state index in [1.54, 1.807) is 49.7 Å². The Labute approximate surface area is 150 Å².